The molecule has 0 radical (unpaired) electrons. The summed E-state index contributed by atoms with van der Waals surface area (Å²) in [6, 6.07) is 9.87. The molecule has 102 valence electrons. The molecule has 3 nitrogen and oxygen atoms in total. The number of benzene rings is 1. The fourth-order valence-electron chi connectivity index (χ4n) is 3.38. The van der Waals surface area contributed by atoms with E-state index in [0.29, 0.717) is 16.9 Å². The Morgan fingerprint density at radius 1 is 1.20 bits per heavy atom. The number of hydrogen-bond acceptors (Lipinski definition) is 3. The molecule has 2 atom stereocenters. The topological polar surface area (TPSA) is 25.4 Å². The Labute approximate surface area is 123 Å². The Balaban J connectivity index is 1.93. The molecule has 0 spiro atoms. The molecular weight excluding hydrogens is 272 g/mol. The van der Waals surface area contributed by atoms with Gasteiger partial charge in [0.05, 0.1) is 5.69 Å². The van der Waals surface area contributed by atoms with Crippen LogP contribution in [0.5, 0.6) is 11.5 Å². The molecule has 0 aliphatic carbocycles. The molecule has 0 amide bonds. The molecule has 2 aliphatic heterocycles. The summed E-state index contributed by atoms with van der Waals surface area (Å²) in [5.74, 6) is 2.54. The van der Waals surface area contributed by atoms with Gasteiger partial charge in [0.2, 0.25) is 0 Å². The third-order valence-electron chi connectivity index (χ3n) is 4.25. The fraction of sp³-hybridized carbons (Fsp3) is 0.312. The average molecular weight is 287 g/mol. The number of rotatable bonds is 0. The molecule has 2 unspecified atom stereocenters. The van der Waals surface area contributed by atoms with Crippen LogP contribution in [0.2, 0.25) is 5.02 Å². The first-order chi connectivity index (χ1) is 9.72. The van der Waals surface area contributed by atoms with E-state index in [1.807, 2.05) is 30.5 Å². The summed E-state index contributed by atoms with van der Waals surface area (Å²) in [5, 5.41) is 0.707. The molecule has 3 heterocycles. The molecule has 1 saturated heterocycles. The number of fused-ring (bicyclic) bond motifs is 5. The zero-order valence-electron chi connectivity index (χ0n) is 11.2. The predicted octanol–water partition coefficient (Wildman–Crippen LogP) is 3.65. The largest absolute Gasteiger partial charge is 0.455 e. The Morgan fingerprint density at radius 2 is 2.05 bits per heavy atom. The number of aromatic nitrogens is 1. The standard InChI is InChI=1S/C16H15ClN2O/c1-19-8-12-11-5-4-10(17)7-15(11)20-14-3-2-6-18-16(14)13(12)9-19/h2-7,12-13H,8-9H2,1H3. The number of nitrogens with zero attached hydrogens (tertiary/aromatic N) is 2. The van der Waals surface area contributed by atoms with Crippen LogP contribution in [0, 0.1) is 0 Å². The van der Waals surface area contributed by atoms with Gasteiger partial charge in [-0.1, -0.05) is 17.7 Å². The highest BCUT2D eigenvalue weighted by molar-refractivity contribution is 6.30. The maximum absolute atomic E-state index is 6.12. The summed E-state index contributed by atoms with van der Waals surface area (Å²) < 4.78 is 6.09. The zero-order valence-corrected chi connectivity index (χ0v) is 12.0. The highest BCUT2D eigenvalue weighted by atomic mass is 35.5. The van der Waals surface area contributed by atoms with E-state index in [0.717, 1.165) is 30.3 Å². The van der Waals surface area contributed by atoms with Crippen molar-refractivity contribution in [2.45, 2.75) is 11.8 Å². The van der Waals surface area contributed by atoms with Crippen molar-refractivity contribution in [2.75, 3.05) is 20.1 Å². The number of likely N-dealkylation sites (N-methyl/N-ethyl adjacent to an activating group) is 1. The lowest BCUT2D eigenvalue weighted by Crippen LogP contribution is -2.14. The Morgan fingerprint density at radius 3 is 2.95 bits per heavy atom. The zero-order chi connectivity index (χ0) is 13.7. The number of halogens is 1. The number of likely N-dealkylation sites (tertiary alicyclic amines) is 1. The van der Waals surface area contributed by atoms with Crippen LogP contribution in [0.25, 0.3) is 0 Å². The van der Waals surface area contributed by atoms with E-state index in [4.69, 9.17) is 16.3 Å². The van der Waals surface area contributed by atoms with Crippen LogP contribution in [0.3, 0.4) is 0 Å². The van der Waals surface area contributed by atoms with E-state index in [2.05, 4.69) is 23.0 Å². The number of pyridine rings is 1. The van der Waals surface area contributed by atoms with Gasteiger partial charge >= 0.3 is 0 Å². The summed E-state index contributed by atoms with van der Waals surface area (Å²) in [7, 11) is 2.16. The lowest BCUT2D eigenvalue weighted by molar-refractivity contribution is 0.400. The second-order valence-electron chi connectivity index (χ2n) is 5.61. The first kappa shape index (κ1) is 12.2. The lowest BCUT2D eigenvalue weighted by Gasteiger charge is -2.16. The van der Waals surface area contributed by atoms with Crippen LogP contribution in [0.4, 0.5) is 0 Å². The van der Waals surface area contributed by atoms with Crippen molar-refractivity contribution in [1.29, 1.82) is 0 Å². The van der Waals surface area contributed by atoms with Gasteiger partial charge in [-0.2, -0.15) is 0 Å². The maximum Gasteiger partial charge on any atom is 0.149 e. The lowest BCUT2D eigenvalue weighted by atomic mass is 9.86. The Hall–Kier alpha value is -1.58. The summed E-state index contributed by atoms with van der Waals surface area (Å²) in [6.07, 6.45) is 1.85. The number of ether oxygens (including phenoxy) is 1. The summed E-state index contributed by atoms with van der Waals surface area (Å²) >= 11 is 6.12. The van der Waals surface area contributed by atoms with Crippen molar-refractivity contribution in [3.8, 4) is 11.5 Å². The van der Waals surface area contributed by atoms with E-state index in [-0.39, 0.29) is 0 Å². The number of hydrogen-bond donors (Lipinski definition) is 0. The summed E-state index contributed by atoms with van der Waals surface area (Å²) in [4.78, 5) is 6.94. The molecule has 0 bridgehead atoms. The molecule has 1 aromatic heterocycles. The Bertz CT molecular complexity index is 673. The molecule has 20 heavy (non-hydrogen) atoms. The third-order valence-corrected chi connectivity index (χ3v) is 4.48. The molecule has 0 saturated carbocycles. The second kappa shape index (κ2) is 4.47. The highest BCUT2D eigenvalue weighted by Gasteiger charge is 2.39. The van der Waals surface area contributed by atoms with Crippen LogP contribution in [-0.4, -0.2) is 30.0 Å². The van der Waals surface area contributed by atoms with Gasteiger partial charge in [0.25, 0.3) is 0 Å². The minimum absolute atomic E-state index is 0.388. The minimum Gasteiger partial charge on any atom is -0.455 e. The van der Waals surface area contributed by atoms with Gasteiger partial charge in [-0.05, 0) is 36.9 Å². The minimum atomic E-state index is 0.388. The summed E-state index contributed by atoms with van der Waals surface area (Å²) in [5.41, 5.74) is 2.30. The molecular formula is C16H15ClN2O. The molecule has 0 N–H and O–H groups in total. The van der Waals surface area contributed by atoms with Gasteiger partial charge in [-0.25, -0.2) is 0 Å². The first-order valence-corrected chi connectivity index (χ1v) is 7.21. The van der Waals surface area contributed by atoms with Crippen molar-refractivity contribution in [3.05, 3.63) is 52.8 Å². The van der Waals surface area contributed by atoms with E-state index in [1.165, 1.54) is 5.56 Å². The summed E-state index contributed by atoms with van der Waals surface area (Å²) in [6.45, 7) is 2.04. The van der Waals surface area contributed by atoms with Gasteiger partial charge in [-0.15, -0.1) is 0 Å². The smallest absolute Gasteiger partial charge is 0.149 e. The van der Waals surface area contributed by atoms with Gasteiger partial charge in [0.15, 0.2) is 0 Å². The van der Waals surface area contributed by atoms with Gasteiger partial charge in [-0.3, -0.25) is 4.98 Å². The monoisotopic (exact) mass is 286 g/mol. The fourth-order valence-corrected chi connectivity index (χ4v) is 3.54. The SMILES string of the molecule is CN1CC2c3ccc(Cl)cc3Oc3cccnc3C2C1. The molecule has 4 rings (SSSR count). The van der Waals surface area contributed by atoms with Crippen molar-refractivity contribution >= 4 is 11.6 Å². The van der Waals surface area contributed by atoms with Crippen molar-refractivity contribution < 1.29 is 4.74 Å². The molecule has 1 aromatic carbocycles. The van der Waals surface area contributed by atoms with Crippen molar-refractivity contribution in [3.63, 3.8) is 0 Å². The van der Waals surface area contributed by atoms with Crippen LogP contribution in [-0.2, 0) is 0 Å². The van der Waals surface area contributed by atoms with Crippen molar-refractivity contribution in [1.82, 2.24) is 9.88 Å². The first-order valence-electron chi connectivity index (χ1n) is 6.83. The van der Waals surface area contributed by atoms with E-state index in [9.17, 15) is 0 Å². The normalized spacial score (nSPS) is 24.3. The van der Waals surface area contributed by atoms with Gasteiger partial charge in [0.1, 0.15) is 11.5 Å². The third kappa shape index (κ3) is 1.81. The van der Waals surface area contributed by atoms with E-state index >= 15 is 0 Å². The van der Waals surface area contributed by atoms with Crippen LogP contribution in [0.15, 0.2) is 36.5 Å². The van der Waals surface area contributed by atoms with Crippen LogP contribution < -0.4 is 4.74 Å². The molecule has 1 fully saturated rings. The molecule has 4 heteroatoms. The van der Waals surface area contributed by atoms with Gasteiger partial charge < -0.3 is 9.64 Å². The average Bonchev–Trinajstić information content (AvgIpc) is 2.76. The quantitative estimate of drug-likeness (QED) is 0.739. The van der Waals surface area contributed by atoms with Crippen molar-refractivity contribution in [2.24, 2.45) is 0 Å². The Kier molecular flexibility index (Phi) is 2.72. The van der Waals surface area contributed by atoms with E-state index in [1.54, 1.807) is 0 Å². The maximum atomic E-state index is 6.12. The van der Waals surface area contributed by atoms with E-state index < -0.39 is 0 Å². The molecule has 2 aliphatic rings. The predicted molar refractivity (Wildman–Crippen MR) is 78.7 cm³/mol. The second-order valence-corrected chi connectivity index (χ2v) is 6.04. The van der Waals surface area contributed by atoms with Crippen LogP contribution >= 0.6 is 11.6 Å². The van der Waals surface area contributed by atoms with Gasteiger partial charge in [0, 0.05) is 36.1 Å². The highest BCUT2D eigenvalue weighted by Crippen LogP contribution is 2.48. The van der Waals surface area contributed by atoms with Crippen LogP contribution in [0.1, 0.15) is 23.1 Å². The molecule has 2 aromatic rings.